The molecule has 0 bridgehead atoms. The molecule has 2 aromatic rings. The lowest BCUT2D eigenvalue weighted by Gasteiger charge is -2.21. The van der Waals surface area contributed by atoms with Crippen molar-refractivity contribution in [3.8, 4) is 17.2 Å². The van der Waals surface area contributed by atoms with Crippen LogP contribution in [0.15, 0.2) is 36.4 Å². The van der Waals surface area contributed by atoms with E-state index in [0.717, 1.165) is 0 Å². The van der Waals surface area contributed by atoms with Crippen LogP contribution in [0, 0.1) is 10.1 Å². The Kier molecular flexibility index (Phi) is 5.72. The molecular weight excluding hydrogens is 360 g/mol. The summed E-state index contributed by atoms with van der Waals surface area (Å²) >= 11 is 5.80. The van der Waals surface area contributed by atoms with Crippen LogP contribution in [0.1, 0.15) is 31.1 Å². The van der Waals surface area contributed by atoms with E-state index in [1.807, 2.05) is 20.8 Å². The lowest BCUT2D eigenvalue weighted by molar-refractivity contribution is -0.385. The van der Waals surface area contributed by atoms with Crippen LogP contribution in [0.5, 0.6) is 17.2 Å². The van der Waals surface area contributed by atoms with E-state index in [9.17, 15) is 14.9 Å². The SMILES string of the molecule is COc1cc(C(=O)NC(C)(C)C)ccc1Oc1ccc(Cl)cc1[N+](=O)[O-]. The van der Waals surface area contributed by atoms with Crippen LogP contribution in [0.4, 0.5) is 5.69 Å². The second kappa shape index (κ2) is 7.61. The second-order valence-corrected chi connectivity index (χ2v) is 6.98. The van der Waals surface area contributed by atoms with Gasteiger partial charge in [-0.2, -0.15) is 0 Å². The molecule has 0 radical (unpaired) electrons. The Morgan fingerprint density at radius 1 is 1.12 bits per heavy atom. The fraction of sp³-hybridized carbons (Fsp3) is 0.278. The van der Waals surface area contributed by atoms with E-state index in [4.69, 9.17) is 21.1 Å². The van der Waals surface area contributed by atoms with Gasteiger partial charge in [-0.25, -0.2) is 0 Å². The Balaban J connectivity index is 2.34. The highest BCUT2D eigenvalue weighted by Crippen LogP contribution is 2.37. The molecule has 0 atom stereocenters. The van der Waals surface area contributed by atoms with Crippen LogP contribution < -0.4 is 14.8 Å². The lowest BCUT2D eigenvalue weighted by Crippen LogP contribution is -2.40. The van der Waals surface area contributed by atoms with E-state index in [2.05, 4.69) is 5.32 Å². The number of carbonyl (C=O) groups excluding carboxylic acids is 1. The number of methoxy groups -OCH3 is 1. The van der Waals surface area contributed by atoms with Gasteiger partial charge in [-0.15, -0.1) is 0 Å². The number of nitro groups is 1. The molecule has 0 aromatic heterocycles. The maximum absolute atomic E-state index is 12.3. The molecule has 0 heterocycles. The van der Waals surface area contributed by atoms with Crippen LogP contribution in [0.3, 0.4) is 0 Å². The van der Waals surface area contributed by atoms with Gasteiger partial charge in [-0.05, 0) is 51.1 Å². The number of hydrogen-bond donors (Lipinski definition) is 1. The second-order valence-electron chi connectivity index (χ2n) is 6.54. The van der Waals surface area contributed by atoms with E-state index >= 15 is 0 Å². The predicted octanol–water partition coefficient (Wildman–Crippen LogP) is 4.58. The fourth-order valence-corrected chi connectivity index (χ4v) is 2.31. The van der Waals surface area contributed by atoms with Crippen molar-refractivity contribution in [1.82, 2.24) is 5.32 Å². The average molecular weight is 379 g/mol. The topological polar surface area (TPSA) is 90.7 Å². The number of carbonyl (C=O) groups is 1. The standard InChI is InChI=1S/C18H19ClN2O5/c1-18(2,3)20-17(22)11-5-7-15(16(9-11)25-4)26-14-8-6-12(19)10-13(14)21(23)24/h5-10H,1-4H3,(H,20,22). The number of amides is 1. The maximum Gasteiger partial charge on any atom is 0.313 e. The zero-order chi connectivity index (χ0) is 19.5. The lowest BCUT2D eigenvalue weighted by atomic mass is 10.1. The minimum Gasteiger partial charge on any atom is -0.493 e. The molecule has 8 heteroatoms. The van der Waals surface area contributed by atoms with Crippen molar-refractivity contribution < 1.29 is 19.2 Å². The first-order valence-corrected chi connectivity index (χ1v) is 8.11. The van der Waals surface area contributed by atoms with Crippen molar-refractivity contribution in [3.63, 3.8) is 0 Å². The van der Waals surface area contributed by atoms with Gasteiger partial charge >= 0.3 is 5.69 Å². The summed E-state index contributed by atoms with van der Waals surface area (Å²) in [4.78, 5) is 22.9. The van der Waals surface area contributed by atoms with Crippen molar-refractivity contribution in [1.29, 1.82) is 0 Å². The van der Waals surface area contributed by atoms with E-state index in [0.29, 0.717) is 5.56 Å². The summed E-state index contributed by atoms with van der Waals surface area (Å²) in [5.41, 5.74) is -0.271. The zero-order valence-electron chi connectivity index (χ0n) is 14.8. The van der Waals surface area contributed by atoms with E-state index in [1.165, 1.54) is 37.4 Å². The first-order chi connectivity index (χ1) is 12.1. The number of ether oxygens (including phenoxy) is 2. The van der Waals surface area contributed by atoms with Crippen molar-refractivity contribution in [2.75, 3.05) is 7.11 Å². The van der Waals surface area contributed by atoms with Crippen molar-refractivity contribution >= 4 is 23.2 Å². The predicted molar refractivity (Wildman–Crippen MR) is 98.4 cm³/mol. The first-order valence-electron chi connectivity index (χ1n) is 7.73. The molecule has 0 unspecified atom stereocenters. The summed E-state index contributed by atoms with van der Waals surface area (Å²) in [5, 5.41) is 14.3. The van der Waals surface area contributed by atoms with Gasteiger partial charge in [0.25, 0.3) is 5.91 Å². The summed E-state index contributed by atoms with van der Waals surface area (Å²) in [6.07, 6.45) is 0. The van der Waals surface area contributed by atoms with Crippen molar-refractivity contribution in [2.45, 2.75) is 26.3 Å². The molecule has 0 aliphatic heterocycles. The Morgan fingerprint density at radius 2 is 1.77 bits per heavy atom. The third kappa shape index (κ3) is 4.86. The highest BCUT2D eigenvalue weighted by Gasteiger charge is 2.20. The van der Waals surface area contributed by atoms with Gasteiger partial charge in [-0.1, -0.05) is 11.6 Å². The number of halogens is 1. The van der Waals surface area contributed by atoms with Crippen LogP contribution in [0.2, 0.25) is 5.02 Å². The number of nitro benzene ring substituents is 1. The fourth-order valence-electron chi connectivity index (χ4n) is 2.14. The van der Waals surface area contributed by atoms with Crippen LogP contribution in [-0.4, -0.2) is 23.5 Å². The summed E-state index contributed by atoms with van der Waals surface area (Å²) in [5.74, 6) is 0.269. The summed E-state index contributed by atoms with van der Waals surface area (Å²) in [6, 6.07) is 8.68. The van der Waals surface area contributed by atoms with Gasteiger partial charge < -0.3 is 14.8 Å². The van der Waals surface area contributed by atoms with Crippen LogP contribution in [0.25, 0.3) is 0 Å². The number of benzene rings is 2. The molecular formula is C18H19ClN2O5. The van der Waals surface area contributed by atoms with Gasteiger partial charge in [0, 0.05) is 22.2 Å². The Hall–Kier alpha value is -2.80. The van der Waals surface area contributed by atoms with Crippen LogP contribution >= 0.6 is 11.6 Å². The molecule has 0 saturated heterocycles. The Labute approximate surface area is 156 Å². The normalized spacial score (nSPS) is 11.0. The molecule has 0 spiro atoms. The van der Waals surface area contributed by atoms with Crippen molar-refractivity contribution in [2.24, 2.45) is 0 Å². The molecule has 7 nitrogen and oxygen atoms in total. The van der Waals surface area contributed by atoms with Gasteiger partial charge in [0.05, 0.1) is 12.0 Å². The molecule has 0 fully saturated rings. The number of nitrogens with one attached hydrogen (secondary N) is 1. The minimum absolute atomic E-state index is 0.0181. The molecule has 1 amide bonds. The molecule has 138 valence electrons. The van der Waals surface area contributed by atoms with Gasteiger partial charge in [0.1, 0.15) is 0 Å². The molecule has 0 aliphatic rings. The first kappa shape index (κ1) is 19.5. The Morgan fingerprint density at radius 3 is 2.35 bits per heavy atom. The van der Waals surface area contributed by atoms with E-state index < -0.39 is 4.92 Å². The van der Waals surface area contributed by atoms with Gasteiger partial charge in [-0.3, -0.25) is 14.9 Å². The average Bonchev–Trinajstić information content (AvgIpc) is 2.54. The van der Waals surface area contributed by atoms with Gasteiger partial charge in [0.15, 0.2) is 11.5 Å². The molecule has 2 aromatic carbocycles. The number of rotatable bonds is 5. The maximum atomic E-state index is 12.3. The van der Waals surface area contributed by atoms with E-state index in [-0.39, 0.29) is 39.4 Å². The van der Waals surface area contributed by atoms with Gasteiger partial charge in [0.2, 0.25) is 5.75 Å². The summed E-state index contributed by atoms with van der Waals surface area (Å²) in [6.45, 7) is 5.62. The number of hydrogen-bond acceptors (Lipinski definition) is 5. The largest absolute Gasteiger partial charge is 0.493 e. The van der Waals surface area contributed by atoms with E-state index in [1.54, 1.807) is 6.07 Å². The quantitative estimate of drug-likeness (QED) is 0.607. The van der Waals surface area contributed by atoms with Crippen LogP contribution in [-0.2, 0) is 0 Å². The molecule has 1 N–H and O–H groups in total. The summed E-state index contributed by atoms with van der Waals surface area (Å²) < 4.78 is 10.9. The third-order valence-corrected chi connectivity index (χ3v) is 3.49. The van der Waals surface area contributed by atoms with Crippen molar-refractivity contribution in [3.05, 3.63) is 57.1 Å². The monoisotopic (exact) mass is 378 g/mol. The molecule has 2 rings (SSSR count). The smallest absolute Gasteiger partial charge is 0.313 e. The molecule has 26 heavy (non-hydrogen) atoms. The highest BCUT2D eigenvalue weighted by molar-refractivity contribution is 6.30. The third-order valence-electron chi connectivity index (χ3n) is 3.25. The highest BCUT2D eigenvalue weighted by atomic mass is 35.5. The minimum atomic E-state index is -0.584. The number of nitrogens with zero attached hydrogens (tertiary/aromatic N) is 1. The molecule has 0 saturated carbocycles. The molecule has 0 aliphatic carbocycles. The summed E-state index contributed by atoms with van der Waals surface area (Å²) in [7, 11) is 1.42. The zero-order valence-corrected chi connectivity index (χ0v) is 15.6. The Bertz CT molecular complexity index is 846.